The fourth-order valence-electron chi connectivity index (χ4n) is 0.640. The largest absolute Gasteiger partial charge is 0.573 e. The van der Waals surface area contributed by atoms with Crippen molar-refractivity contribution in [3.05, 3.63) is 35.5 Å². The zero-order valence-corrected chi connectivity index (χ0v) is 8.71. The van der Waals surface area contributed by atoms with Gasteiger partial charge in [-0.05, 0) is 25.3 Å². The zero-order chi connectivity index (χ0) is 11.2. The normalized spacial score (nSPS) is 13.4. The molecule has 0 fully saturated rings. The van der Waals surface area contributed by atoms with E-state index in [1.165, 1.54) is 23.9 Å². The minimum Gasteiger partial charge on any atom is -0.406 e. The lowest BCUT2D eigenvalue weighted by Crippen LogP contribution is -2.11. The van der Waals surface area contributed by atoms with Crippen LogP contribution in [0.15, 0.2) is 35.5 Å². The van der Waals surface area contributed by atoms with Crippen LogP contribution in [0, 0.1) is 0 Å². The van der Waals surface area contributed by atoms with Crippen molar-refractivity contribution in [1.29, 1.82) is 0 Å². The molecule has 0 unspecified atom stereocenters. The van der Waals surface area contributed by atoms with Crippen LogP contribution >= 0.6 is 11.8 Å². The van der Waals surface area contributed by atoms with Crippen LogP contribution in [0.1, 0.15) is 6.92 Å². The van der Waals surface area contributed by atoms with Gasteiger partial charge in [-0.25, -0.2) is 0 Å². The van der Waals surface area contributed by atoms with E-state index in [0.29, 0.717) is 0 Å². The van der Waals surface area contributed by atoms with Crippen molar-refractivity contribution >= 4 is 11.8 Å². The molecule has 14 heavy (non-hydrogen) atoms. The van der Waals surface area contributed by atoms with Crippen LogP contribution < -0.4 is 0 Å². The number of ether oxygens (including phenoxy) is 1. The van der Waals surface area contributed by atoms with Gasteiger partial charge in [0.05, 0.1) is 0 Å². The van der Waals surface area contributed by atoms with E-state index in [9.17, 15) is 13.2 Å². The molecule has 0 aromatic rings. The molecule has 5 heteroatoms. The van der Waals surface area contributed by atoms with E-state index in [4.69, 9.17) is 0 Å². The van der Waals surface area contributed by atoms with E-state index in [1.54, 1.807) is 13.0 Å². The number of alkyl halides is 3. The highest BCUT2D eigenvalue weighted by atomic mass is 32.2. The number of halogens is 3. The average molecular weight is 224 g/mol. The van der Waals surface area contributed by atoms with E-state index in [-0.39, 0.29) is 0 Å². The summed E-state index contributed by atoms with van der Waals surface area (Å²) in [5.41, 5.74) is 0. The highest BCUT2D eigenvalue weighted by Gasteiger charge is 2.30. The molecule has 0 aliphatic carbocycles. The lowest BCUT2D eigenvalue weighted by molar-refractivity contribution is -0.303. The smallest absolute Gasteiger partial charge is 0.406 e. The molecule has 0 aromatic carbocycles. The number of rotatable bonds is 4. The predicted octanol–water partition coefficient (Wildman–Crippen LogP) is 3.86. The van der Waals surface area contributed by atoms with Gasteiger partial charge in [-0.2, -0.15) is 0 Å². The Morgan fingerprint density at radius 3 is 2.29 bits per heavy atom. The second-order valence-electron chi connectivity index (χ2n) is 2.24. The van der Waals surface area contributed by atoms with Gasteiger partial charge in [0.15, 0.2) is 0 Å². The van der Waals surface area contributed by atoms with Crippen LogP contribution in [0.5, 0.6) is 0 Å². The molecule has 0 atom stereocenters. The van der Waals surface area contributed by atoms with E-state index < -0.39 is 12.1 Å². The molecule has 0 heterocycles. The quantitative estimate of drug-likeness (QED) is 0.529. The molecule has 0 saturated carbocycles. The van der Waals surface area contributed by atoms with Gasteiger partial charge in [-0.15, -0.1) is 24.9 Å². The first kappa shape index (κ1) is 13.2. The van der Waals surface area contributed by atoms with Gasteiger partial charge in [-0.1, -0.05) is 12.7 Å². The maximum Gasteiger partial charge on any atom is 0.573 e. The monoisotopic (exact) mass is 224 g/mol. The van der Waals surface area contributed by atoms with E-state index in [0.717, 1.165) is 4.91 Å². The van der Waals surface area contributed by atoms with Gasteiger partial charge in [0.2, 0.25) is 0 Å². The maximum absolute atomic E-state index is 11.7. The molecule has 0 radical (unpaired) electrons. The van der Waals surface area contributed by atoms with Crippen LogP contribution in [0.4, 0.5) is 13.2 Å². The van der Waals surface area contributed by atoms with Crippen molar-refractivity contribution < 1.29 is 17.9 Å². The summed E-state index contributed by atoms with van der Waals surface area (Å²) in [5.74, 6) is -0.425. The number of allylic oxidation sites excluding steroid dienone is 3. The summed E-state index contributed by atoms with van der Waals surface area (Å²) in [6.45, 7) is 4.91. The Morgan fingerprint density at radius 2 is 1.93 bits per heavy atom. The molecule has 0 aromatic heterocycles. The average Bonchev–Trinajstić information content (AvgIpc) is 2.03. The van der Waals surface area contributed by atoms with Crippen molar-refractivity contribution in [2.24, 2.45) is 0 Å². The summed E-state index contributed by atoms with van der Waals surface area (Å²) in [6.07, 6.45) is 1.63. The van der Waals surface area contributed by atoms with Crippen LogP contribution in [0.25, 0.3) is 0 Å². The van der Waals surface area contributed by atoms with Crippen molar-refractivity contribution in [3.63, 3.8) is 0 Å². The number of hydrogen-bond acceptors (Lipinski definition) is 2. The van der Waals surface area contributed by atoms with E-state index in [2.05, 4.69) is 11.3 Å². The van der Waals surface area contributed by atoms with E-state index >= 15 is 0 Å². The zero-order valence-electron chi connectivity index (χ0n) is 7.89. The topological polar surface area (TPSA) is 9.23 Å². The van der Waals surface area contributed by atoms with Crippen molar-refractivity contribution in [2.75, 3.05) is 6.26 Å². The van der Waals surface area contributed by atoms with Crippen LogP contribution in [-0.2, 0) is 4.74 Å². The van der Waals surface area contributed by atoms with Gasteiger partial charge < -0.3 is 4.74 Å². The van der Waals surface area contributed by atoms with Gasteiger partial charge in [0.1, 0.15) is 5.76 Å². The molecular weight excluding hydrogens is 213 g/mol. The third kappa shape index (κ3) is 6.65. The van der Waals surface area contributed by atoms with Gasteiger partial charge >= 0.3 is 6.36 Å². The molecule has 0 N–H and O–H groups in total. The van der Waals surface area contributed by atoms with E-state index in [1.807, 2.05) is 6.26 Å². The summed E-state index contributed by atoms with van der Waals surface area (Å²) in [7, 11) is 0. The second kappa shape index (κ2) is 5.80. The summed E-state index contributed by atoms with van der Waals surface area (Å²) in [6, 6.07) is 0. The van der Waals surface area contributed by atoms with Crippen molar-refractivity contribution in [2.45, 2.75) is 13.3 Å². The van der Waals surface area contributed by atoms with Crippen LogP contribution in [0.2, 0.25) is 0 Å². The summed E-state index contributed by atoms with van der Waals surface area (Å²) in [5, 5.41) is 0. The third-order valence-electron chi connectivity index (χ3n) is 1.20. The first-order valence-electron chi connectivity index (χ1n) is 3.72. The molecule has 0 bridgehead atoms. The summed E-state index contributed by atoms with van der Waals surface area (Å²) in [4.78, 5) is 0.844. The summed E-state index contributed by atoms with van der Waals surface area (Å²) >= 11 is 1.43. The molecule has 0 aliphatic rings. The molecule has 0 amide bonds. The van der Waals surface area contributed by atoms with Crippen molar-refractivity contribution in [1.82, 2.24) is 0 Å². The van der Waals surface area contributed by atoms with Crippen LogP contribution in [0.3, 0.4) is 0 Å². The Labute approximate surface area is 85.3 Å². The van der Waals surface area contributed by atoms with Gasteiger partial charge in [-0.3, -0.25) is 0 Å². The minimum absolute atomic E-state index is 0.425. The molecule has 0 spiro atoms. The predicted molar refractivity (Wildman–Crippen MR) is 52.7 cm³/mol. The lowest BCUT2D eigenvalue weighted by Gasteiger charge is -2.07. The minimum atomic E-state index is -4.67. The first-order chi connectivity index (χ1) is 6.39. The van der Waals surface area contributed by atoms with Crippen LogP contribution in [-0.4, -0.2) is 12.6 Å². The third-order valence-corrected chi connectivity index (χ3v) is 2.04. The molecule has 1 nitrogen and oxygen atoms in total. The Bertz CT molecular complexity index is 253. The summed E-state index contributed by atoms with van der Waals surface area (Å²) < 4.78 is 38.5. The SMILES string of the molecule is C=C(/C=C\C(=C/C)SC)OC(F)(F)F. The van der Waals surface area contributed by atoms with Gasteiger partial charge in [0.25, 0.3) is 0 Å². The molecular formula is C9H11F3OS. The Kier molecular flexibility index (Phi) is 5.45. The Balaban J connectivity index is 4.19. The Morgan fingerprint density at radius 1 is 1.36 bits per heavy atom. The lowest BCUT2D eigenvalue weighted by atomic mass is 10.4. The number of thioether (sulfide) groups is 1. The second-order valence-corrected chi connectivity index (χ2v) is 3.12. The fourth-order valence-corrected chi connectivity index (χ4v) is 1.08. The Hall–Kier alpha value is -0.840. The fraction of sp³-hybridized carbons (Fsp3) is 0.333. The highest BCUT2D eigenvalue weighted by molar-refractivity contribution is 8.02. The molecule has 80 valence electrons. The maximum atomic E-state index is 11.7. The first-order valence-corrected chi connectivity index (χ1v) is 4.94. The number of hydrogen-bond donors (Lipinski definition) is 0. The standard InChI is InChI=1S/C9H11F3OS/c1-4-8(14-3)6-5-7(2)13-9(10,11)12/h4-6H,2H2,1,3H3/b6-5-,8-4+. The molecule has 0 aliphatic heterocycles. The molecule has 0 rings (SSSR count). The highest BCUT2D eigenvalue weighted by Crippen LogP contribution is 2.21. The van der Waals surface area contributed by atoms with Gasteiger partial charge in [0, 0.05) is 4.91 Å². The van der Waals surface area contributed by atoms with Crippen molar-refractivity contribution in [3.8, 4) is 0 Å². The molecule has 0 saturated heterocycles.